The Balaban J connectivity index is 2.09. The van der Waals surface area contributed by atoms with Crippen molar-refractivity contribution in [3.8, 4) is 5.75 Å². The van der Waals surface area contributed by atoms with Crippen molar-refractivity contribution in [3.05, 3.63) is 42.5 Å². The molecule has 0 aromatic heterocycles. The lowest BCUT2D eigenvalue weighted by molar-refractivity contribution is -0.132. The lowest BCUT2D eigenvalue weighted by Gasteiger charge is -2.07. The van der Waals surface area contributed by atoms with Crippen LogP contribution in [0.15, 0.2) is 42.5 Å². The third kappa shape index (κ3) is 4.61. The van der Waals surface area contributed by atoms with Gasteiger partial charge in [0.15, 0.2) is 0 Å². The summed E-state index contributed by atoms with van der Waals surface area (Å²) in [7, 11) is 0. The molecule has 4 heteroatoms. The molecule has 1 aromatic carbocycles. The number of hydrogen-bond donors (Lipinski definition) is 2. The third-order valence-electron chi connectivity index (χ3n) is 1.93. The first-order chi connectivity index (χ1) is 7.70. The average Bonchev–Trinajstić information content (AvgIpc) is 2.29. The van der Waals surface area contributed by atoms with Crippen molar-refractivity contribution < 1.29 is 14.6 Å². The smallest absolute Gasteiger partial charge is 0.332 e. The van der Waals surface area contributed by atoms with Gasteiger partial charge in [-0.15, -0.1) is 0 Å². The molecule has 1 aromatic rings. The Labute approximate surface area is 94.6 Å². The van der Waals surface area contributed by atoms with Crippen molar-refractivity contribution in [1.29, 1.82) is 0 Å². The predicted octanol–water partition coefficient (Wildman–Crippen LogP) is 1.30. The van der Waals surface area contributed by atoms with Gasteiger partial charge in [0, 0.05) is 18.7 Å². The molecular weight excluding hydrogens is 206 g/mol. The highest BCUT2D eigenvalue weighted by atomic mass is 16.5. The van der Waals surface area contributed by atoms with Gasteiger partial charge in [-0.25, -0.2) is 4.79 Å². The second-order valence-electron chi connectivity index (χ2n) is 3.25. The fourth-order valence-corrected chi connectivity index (χ4v) is 1.07. The van der Waals surface area contributed by atoms with Gasteiger partial charge in [-0.1, -0.05) is 24.8 Å². The van der Waals surface area contributed by atoms with Gasteiger partial charge in [-0.05, 0) is 12.1 Å². The van der Waals surface area contributed by atoms with Crippen LogP contribution in [0.1, 0.15) is 0 Å². The lowest BCUT2D eigenvalue weighted by atomic mass is 10.3. The number of carboxylic acid groups (broad SMARTS) is 1. The molecule has 0 spiro atoms. The molecule has 2 N–H and O–H groups in total. The minimum absolute atomic E-state index is 0.153. The highest BCUT2D eigenvalue weighted by Gasteiger charge is 2.01. The molecule has 0 fully saturated rings. The molecule has 86 valence electrons. The fourth-order valence-electron chi connectivity index (χ4n) is 1.07. The van der Waals surface area contributed by atoms with Crippen LogP contribution in [0.5, 0.6) is 5.75 Å². The largest absolute Gasteiger partial charge is 0.492 e. The van der Waals surface area contributed by atoms with Gasteiger partial charge in [0.1, 0.15) is 12.4 Å². The standard InChI is InChI=1S/C12H15NO3/c1-10(12(14)15)9-13-7-8-16-11-5-3-2-4-6-11/h2-6,13H,1,7-9H2,(H,14,15). The first kappa shape index (κ1) is 12.3. The second-order valence-corrected chi connectivity index (χ2v) is 3.25. The zero-order valence-electron chi connectivity index (χ0n) is 8.98. The van der Waals surface area contributed by atoms with Crippen LogP contribution in [0.25, 0.3) is 0 Å². The van der Waals surface area contributed by atoms with Crippen molar-refractivity contribution >= 4 is 5.97 Å². The normalized spacial score (nSPS) is 9.75. The summed E-state index contributed by atoms with van der Waals surface area (Å²) in [5.74, 6) is -0.169. The van der Waals surface area contributed by atoms with Crippen LogP contribution in [0, 0.1) is 0 Å². The van der Waals surface area contributed by atoms with E-state index in [-0.39, 0.29) is 12.1 Å². The van der Waals surface area contributed by atoms with E-state index < -0.39 is 5.97 Å². The molecule has 1 rings (SSSR count). The Bertz CT molecular complexity index is 349. The van der Waals surface area contributed by atoms with Gasteiger partial charge in [-0.2, -0.15) is 0 Å². The number of ether oxygens (including phenoxy) is 1. The number of carbonyl (C=O) groups is 1. The van der Waals surface area contributed by atoms with E-state index in [1.807, 2.05) is 30.3 Å². The molecule has 0 aliphatic rings. The van der Waals surface area contributed by atoms with Crippen LogP contribution in [-0.4, -0.2) is 30.8 Å². The van der Waals surface area contributed by atoms with Gasteiger partial charge in [0.25, 0.3) is 0 Å². The Morgan fingerprint density at radius 3 is 2.69 bits per heavy atom. The molecule has 0 radical (unpaired) electrons. The first-order valence-corrected chi connectivity index (χ1v) is 5.00. The van der Waals surface area contributed by atoms with Crippen molar-refractivity contribution in [3.63, 3.8) is 0 Å². The molecule has 16 heavy (non-hydrogen) atoms. The fraction of sp³-hybridized carbons (Fsp3) is 0.250. The van der Waals surface area contributed by atoms with Gasteiger partial charge in [0.05, 0.1) is 0 Å². The van der Waals surface area contributed by atoms with Gasteiger partial charge < -0.3 is 15.2 Å². The first-order valence-electron chi connectivity index (χ1n) is 5.00. The van der Waals surface area contributed by atoms with Gasteiger partial charge in [0.2, 0.25) is 0 Å². The van der Waals surface area contributed by atoms with E-state index in [0.29, 0.717) is 13.2 Å². The third-order valence-corrected chi connectivity index (χ3v) is 1.93. The molecule has 0 saturated carbocycles. The molecule has 0 bridgehead atoms. The maximum atomic E-state index is 10.4. The minimum Gasteiger partial charge on any atom is -0.492 e. The monoisotopic (exact) mass is 221 g/mol. The van der Waals surface area contributed by atoms with Crippen LogP contribution >= 0.6 is 0 Å². The van der Waals surface area contributed by atoms with Crippen molar-refractivity contribution in [1.82, 2.24) is 5.32 Å². The summed E-state index contributed by atoms with van der Waals surface area (Å²) in [6, 6.07) is 9.46. The summed E-state index contributed by atoms with van der Waals surface area (Å²) in [5, 5.41) is 11.5. The molecule has 0 atom stereocenters. The average molecular weight is 221 g/mol. The number of hydrogen-bond acceptors (Lipinski definition) is 3. The second kappa shape index (κ2) is 6.63. The molecular formula is C12H15NO3. The number of benzene rings is 1. The minimum atomic E-state index is -0.975. The predicted molar refractivity (Wildman–Crippen MR) is 61.6 cm³/mol. The summed E-state index contributed by atoms with van der Waals surface area (Å²) in [6.45, 7) is 4.76. The molecule has 0 amide bonds. The maximum Gasteiger partial charge on any atom is 0.332 e. The highest BCUT2D eigenvalue weighted by Crippen LogP contribution is 2.07. The number of nitrogens with one attached hydrogen (secondary N) is 1. The molecule has 0 aliphatic carbocycles. The van der Waals surface area contributed by atoms with E-state index in [1.165, 1.54) is 0 Å². The van der Waals surface area contributed by atoms with E-state index in [2.05, 4.69) is 11.9 Å². The summed E-state index contributed by atoms with van der Waals surface area (Å²) < 4.78 is 5.41. The SMILES string of the molecule is C=C(CNCCOc1ccccc1)C(=O)O. The quantitative estimate of drug-likeness (QED) is 0.538. The van der Waals surface area contributed by atoms with Crippen LogP contribution < -0.4 is 10.1 Å². The molecule has 0 unspecified atom stereocenters. The van der Waals surface area contributed by atoms with Crippen LogP contribution in [0.4, 0.5) is 0 Å². The number of para-hydroxylation sites is 1. The summed E-state index contributed by atoms with van der Waals surface area (Å²) in [4.78, 5) is 10.4. The van der Waals surface area contributed by atoms with Crippen LogP contribution in [0.2, 0.25) is 0 Å². The van der Waals surface area contributed by atoms with Gasteiger partial charge in [-0.3, -0.25) is 0 Å². The maximum absolute atomic E-state index is 10.4. The zero-order chi connectivity index (χ0) is 11.8. The Kier molecular flexibility index (Phi) is 5.08. The van der Waals surface area contributed by atoms with E-state index in [0.717, 1.165) is 5.75 Å². The number of aliphatic carboxylic acids is 1. The summed E-state index contributed by atoms with van der Waals surface area (Å²) in [6.07, 6.45) is 0. The van der Waals surface area contributed by atoms with Crippen molar-refractivity contribution in [2.75, 3.05) is 19.7 Å². The molecule has 0 heterocycles. The molecule has 4 nitrogen and oxygen atoms in total. The van der Waals surface area contributed by atoms with E-state index in [9.17, 15) is 4.79 Å². The van der Waals surface area contributed by atoms with E-state index in [1.54, 1.807) is 0 Å². The highest BCUT2D eigenvalue weighted by molar-refractivity contribution is 5.86. The molecule has 0 aliphatic heterocycles. The van der Waals surface area contributed by atoms with Crippen molar-refractivity contribution in [2.24, 2.45) is 0 Å². The van der Waals surface area contributed by atoms with Crippen LogP contribution in [-0.2, 0) is 4.79 Å². The Morgan fingerprint density at radius 2 is 2.06 bits per heavy atom. The van der Waals surface area contributed by atoms with Crippen LogP contribution in [0.3, 0.4) is 0 Å². The zero-order valence-corrected chi connectivity index (χ0v) is 8.98. The van der Waals surface area contributed by atoms with E-state index in [4.69, 9.17) is 9.84 Å². The summed E-state index contributed by atoms with van der Waals surface area (Å²) in [5.41, 5.74) is 0.153. The summed E-state index contributed by atoms with van der Waals surface area (Å²) >= 11 is 0. The van der Waals surface area contributed by atoms with E-state index >= 15 is 0 Å². The number of carboxylic acids is 1. The number of rotatable bonds is 7. The molecule has 0 saturated heterocycles. The Morgan fingerprint density at radius 1 is 1.38 bits per heavy atom. The topological polar surface area (TPSA) is 58.6 Å². The van der Waals surface area contributed by atoms with Gasteiger partial charge >= 0.3 is 5.97 Å². The Hall–Kier alpha value is -1.81. The van der Waals surface area contributed by atoms with Crippen molar-refractivity contribution in [2.45, 2.75) is 0 Å². The lowest BCUT2D eigenvalue weighted by Crippen LogP contribution is -2.25.